The molecular formula is C17H15NO5. The number of hydrogen-bond donors (Lipinski definition) is 0. The van der Waals surface area contributed by atoms with Crippen LogP contribution in [0.15, 0.2) is 42.5 Å². The van der Waals surface area contributed by atoms with Gasteiger partial charge >= 0.3 is 5.97 Å². The Labute approximate surface area is 132 Å². The lowest BCUT2D eigenvalue weighted by atomic mass is 9.91. The minimum Gasteiger partial charge on any atom is -0.484 e. The van der Waals surface area contributed by atoms with Gasteiger partial charge in [0.2, 0.25) is 0 Å². The van der Waals surface area contributed by atoms with Gasteiger partial charge in [0.25, 0.3) is 5.69 Å². The van der Waals surface area contributed by atoms with E-state index in [2.05, 4.69) is 0 Å². The summed E-state index contributed by atoms with van der Waals surface area (Å²) in [6, 6.07) is 11.9. The van der Waals surface area contributed by atoms with Gasteiger partial charge in [-0.25, -0.2) is 0 Å². The first-order chi connectivity index (χ1) is 11.1. The highest BCUT2D eigenvalue weighted by Gasteiger charge is 2.29. The lowest BCUT2D eigenvalue weighted by Gasteiger charge is -2.28. The van der Waals surface area contributed by atoms with Crippen LogP contribution in [0.3, 0.4) is 0 Å². The van der Waals surface area contributed by atoms with Crippen LogP contribution in [0.25, 0.3) is 11.1 Å². The molecule has 0 aliphatic carbocycles. The number of carbonyl (C=O) groups is 1. The lowest BCUT2D eigenvalue weighted by Crippen LogP contribution is -2.19. The first kappa shape index (κ1) is 15.0. The number of non-ortho nitro benzene ring substituents is 1. The summed E-state index contributed by atoms with van der Waals surface area (Å²) >= 11 is 0. The van der Waals surface area contributed by atoms with Gasteiger partial charge < -0.3 is 9.47 Å². The molecule has 1 atom stereocenters. The van der Waals surface area contributed by atoms with Crippen LogP contribution in [0, 0.1) is 10.1 Å². The van der Waals surface area contributed by atoms with Gasteiger partial charge in [-0.1, -0.05) is 24.3 Å². The Morgan fingerprint density at radius 1 is 1.26 bits per heavy atom. The monoisotopic (exact) mass is 313 g/mol. The summed E-state index contributed by atoms with van der Waals surface area (Å²) in [7, 11) is 0. The highest BCUT2D eigenvalue weighted by molar-refractivity contribution is 5.79. The number of hydrogen-bond acceptors (Lipinski definition) is 5. The number of esters is 1. The minimum atomic E-state index is -0.459. The van der Waals surface area contributed by atoms with Crippen molar-refractivity contribution < 1.29 is 19.2 Å². The highest BCUT2D eigenvalue weighted by atomic mass is 16.6. The zero-order valence-corrected chi connectivity index (χ0v) is 12.5. The van der Waals surface area contributed by atoms with E-state index < -0.39 is 11.0 Å². The van der Waals surface area contributed by atoms with E-state index in [-0.39, 0.29) is 18.1 Å². The molecule has 3 rings (SSSR count). The molecule has 0 saturated carbocycles. The molecule has 0 radical (unpaired) electrons. The fraction of sp³-hybridized carbons (Fsp3) is 0.235. The molecule has 0 aromatic heterocycles. The molecule has 6 nitrogen and oxygen atoms in total. The molecule has 0 amide bonds. The molecule has 23 heavy (non-hydrogen) atoms. The first-order valence-corrected chi connectivity index (χ1v) is 7.30. The van der Waals surface area contributed by atoms with E-state index >= 15 is 0 Å². The number of rotatable bonds is 4. The van der Waals surface area contributed by atoms with Crippen LogP contribution in [0.5, 0.6) is 5.75 Å². The highest BCUT2D eigenvalue weighted by Crippen LogP contribution is 2.44. The van der Waals surface area contributed by atoms with Gasteiger partial charge in [-0.05, 0) is 18.6 Å². The third-order valence-electron chi connectivity index (χ3n) is 3.70. The summed E-state index contributed by atoms with van der Waals surface area (Å²) < 4.78 is 10.9. The fourth-order valence-corrected chi connectivity index (χ4v) is 2.71. The van der Waals surface area contributed by atoms with Gasteiger partial charge in [0.05, 0.1) is 18.0 Å². The van der Waals surface area contributed by atoms with Crippen molar-refractivity contribution in [1.29, 1.82) is 0 Å². The predicted molar refractivity (Wildman–Crippen MR) is 83.2 cm³/mol. The van der Waals surface area contributed by atoms with E-state index in [9.17, 15) is 14.9 Å². The molecule has 0 spiro atoms. The smallest absolute Gasteiger partial charge is 0.309 e. The SMILES string of the molecule is CCOC(=O)CC1Oc2ccc([N+](=O)[O-])cc2-c2ccccc21. The molecule has 2 aromatic rings. The topological polar surface area (TPSA) is 78.7 Å². The van der Waals surface area contributed by atoms with Crippen molar-refractivity contribution in [2.24, 2.45) is 0 Å². The zero-order valence-electron chi connectivity index (χ0n) is 12.5. The molecule has 1 aliphatic rings. The summed E-state index contributed by atoms with van der Waals surface area (Å²) in [6.07, 6.45) is -0.361. The van der Waals surface area contributed by atoms with E-state index in [1.54, 1.807) is 13.0 Å². The molecule has 2 aromatic carbocycles. The Bertz CT molecular complexity index is 771. The van der Waals surface area contributed by atoms with Gasteiger partial charge in [-0.2, -0.15) is 0 Å². The van der Waals surface area contributed by atoms with Gasteiger partial charge in [-0.15, -0.1) is 0 Å². The first-order valence-electron chi connectivity index (χ1n) is 7.30. The van der Waals surface area contributed by atoms with Crippen molar-refractivity contribution in [2.75, 3.05) is 6.61 Å². The van der Waals surface area contributed by atoms with Crippen LogP contribution < -0.4 is 4.74 Å². The molecule has 0 N–H and O–H groups in total. The normalized spacial score (nSPS) is 15.1. The zero-order chi connectivity index (χ0) is 16.4. The van der Waals surface area contributed by atoms with Crippen LogP contribution in [-0.4, -0.2) is 17.5 Å². The third-order valence-corrected chi connectivity index (χ3v) is 3.70. The Kier molecular flexibility index (Phi) is 3.97. The Morgan fingerprint density at radius 2 is 2.04 bits per heavy atom. The minimum absolute atomic E-state index is 0.00555. The van der Waals surface area contributed by atoms with Crippen molar-refractivity contribution in [2.45, 2.75) is 19.4 Å². The van der Waals surface area contributed by atoms with Gasteiger partial charge in [0.1, 0.15) is 11.9 Å². The second kappa shape index (κ2) is 6.08. The van der Waals surface area contributed by atoms with Crippen LogP contribution in [0.1, 0.15) is 25.0 Å². The number of nitro groups is 1. The third kappa shape index (κ3) is 2.88. The summed E-state index contributed by atoms with van der Waals surface area (Å²) in [5.74, 6) is 0.196. The second-order valence-corrected chi connectivity index (χ2v) is 5.14. The Morgan fingerprint density at radius 3 is 2.78 bits per heavy atom. The predicted octanol–water partition coefficient (Wildman–Crippen LogP) is 3.65. The summed E-state index contributed by atoms with van der Waals surface area (Å²) in [5, 5.41) is 11.0. The fourth-order valence-electron chi connectivity index (χ4n) is 2.71. The average Bonchev–Trinajstić information content (AvgIpc) is 2.55. The Balaban J connectivity index is 2.02. The van der Waals surface area contributed by atoms with E-state index in [1.807, 2.05) is 24.3 Å². The van der Waals surface area contributed by atoms with Crippen LogP contribution in [-0.2, 0) is 9.53 Å². The number of carbonyl (C=O) groups excluding carboxylic acids is 1. The number of fused-ring (bicyclic) bond motifs is 3. The number of benzene rings is 2. The van der Waals surface area contributed by atoms with Crippen molar-refractivity contribution in [1.82, 2.24) is 0 Å². The van der Waals surface area contributed by atoms with Crippen LogP contribution in [0.2, 0.25) is 0 Å². The summed E-state index contributed by atoms with van der Waals surface area (Å²) in [6.45, 7) is 2.07. The van der Waals surface area contributed by atoms with Crippen molar-refractivity contribution in [3.63, 3.8) is 0 Å². The molecule has 0 fully saturated rings. The molecular weight excluding hydrogens is 298 g/mol. The van der Waals surface area contributed by atoms with Gasteiger partial charge in [-0.3, -0.25) is 14.9 Å². The molecule has 0 saturated heterocycles. The van der Waals surface area contributed by atoms with Gasteiger partial charge in [0.15, 0.2) is 0 Å². The molecule has 0 bridgehead atoms. The largest absolute Gasteiger partial charge is 0.484 e. The molecule has 118 valence electrons. The Hall–Kier alpha value is -2.89. The van der Waals surface area contributed by atoms with Gasteiger partial charge in [0, 0.05) is 23.3 Å². The number of nitro benzene ring substituents is 1. The summed E-state index contributed by atoms with van der Waals surface area (Å²) in [5.41, 5.74) is 2.33. The molecule has 6 heteroatoms. The molecule has 1 heterocycles. The van der Waals surface area contributed by atoms with Crippen LogP contribution in [0.4, 0.5) is 5.69 Å². The van der Waals surface area contributed by atoms with E-state index in [1.165, 1.54) is 12.1 Å². The van der Waals surface area contributed by atoms with Crippen molar-refractivity contribution in [3.8, 4) is 16.9 Å². The maximum atomic E-state index is 11.8. The van der Waals surface area contributed by atoms with E-state index in [4.69, 9.17) is 9.47 Å². The second-order valence-electron chi connectivity index (χ2n) is 5.14. The maximum Gasteiger partial charge on any atom is 0.309 e. The molecule has 1 unspecified atom stereocenters. The average molecular weight is 313 g/mol. The van der Waals surface area contributed by atoms with Crippen molar-refractivity contribution in [3.05, 3.63) is 58.1 Å². The lowest BCUT2D eigenvalue weighted by molar-refractivity contribution is -0.384. The maximum absolute atomic E-state index is 11.8. The van der Waals surface area contributed by atoms with Crippen LogP contribution >= 0.6 is 0 Å². The number of nitrogens with zero attached hydrogens (tertiary/aromatic N) is 1. The standard InChI is InChI=1S/C17H15NO5/c1-2-22-17(19)10-16-13-6-4-3-5-12(13)14-9-11(18(20)21)7-8-15(14)23-16/h3-9,16H,2,10H2,1H3. The quantitative estimate of drug-likeness (QED) is 0.489. The van der Waals surface area contributed by atoms with Crippen molar-refractivity contribution >= 4 is 11.7 Å². The molecule has 1 aliphatic heterocycles. The van der Waals surface area contributed by atoms with E-state index in [0.29, 0.717) is 17.9 Å². The summed E-state index contributed by atoms with van der Waals surface area (Å²) in [4.78, 5) is 22.3. The van der Waals surface area contributed by atoms with E-state index in [0.717, 1.165) is 11.1 Å². The number of ether oxygens (including phenoxy) is 2.